The summed E-state index contributed by atoms with van der Waals surface area (Å²) in [5.41, 5.74) is 1.89. The van der Waals surface area contributed by atoms with Gasteiger partial charge >= 0.3 is 0 Å². The maximum atomic E-state index is 5.20. The predicted octanol–water partition coefficient (Wildman–Crippen LogP) is 1.40. The van der Waals surface area contributed by atoms with E-state index in [1.54, 1.807) is 14.2 Å². The molecule has 1 aromatic rings. The molecule has 0 amide bonds. The molecule has 0 aromatic heterocycles. The van der Waals surface area contributed by atoms with Crippen LogP contribution in [0, 0.1) is 6.92 Å². The molecule has 0 fully saturated rings. The van der Waals surface area contributed by atoms with Gasteiger partial charge in [0, 0.05) is 5.56 Å². The highest BCUT2D eigenvalue weighted by Crippen LogP contribution is 2.29. The number of hydrogen-bond donors (Lipinski definition) is 1. The lowest BCUT2D eigenvalue weighted by atomic mass is 10.1. The zero-order valence-electron chi connectivity index (χ0n) is 8.66. The molecule has 4 nitrogen and oxygen atoms in total. The summed E-state index contributed by atoms with van der Waals surface area (Å²) in [4.78, 5) is 4.56. The molecule has 0 bridgehead atoms. The van der Waals surface area contributed by atoms with Gasteiger partial charge in [-0.05, 0) is 24.6 Å². The van der Waals surface area contributed by atoms with Gasteiger partial charge in [-0.1, -0.05) is 0 Å². The van der Waals surface area contributed by atoms with Crippen molar-refractivity contribution in [2.45, 2.75) is 13.5 Å². The molecule has 0 saturated heterocycles. The molecule has 0 aliphatic heterocycles. The normalized spacial score (nSPS) is 10.0. The Hall–Kier alpha value is -1.26. The van der Waals surface area contributed by atoms with Crippen LogP contribution in [0.1, 0.15) is 11.1 Å². The first kappa shape index (κ1) is 10.8. The van der Waals surface area contributed by atoms with Crippen LogP contribution in [-0.2, 0) is 11.4 Å². The predicted molar refractivity (Wildman–Crippen MR) is 53.3 cm³/mol. The monoisotopic (exact) mass is 197 g/mol. The van der Waals surface area contributed by atoms with Crippen molar-refractivity contribution in [3.63, 3.8) is 0 Å². The van der Waals surface area contributed by atoms with E-state index in [0.29, 0.717) is 6.61 Å². The lowest BCUT2D eigenvalue weighted by Crippen LogP contribution is -2.01. The van der Waals surface area contributed by atoms with E-state index in [0.717, 1.165) is 22.6 Å². The summed E-state index contributed by atoms with van der Waals surface area (Å²) in [5, 5.41) is 0. The number of hydrogen-bond acceptors (Lipinski definition) is 4. The molecule has 0 radical (unpaired) electrons. The molecule has 0 heterocycles. The summed E-state index contributed by atoms with van der Waals surface area (Å²) in [5.74, 6) is 6.55. The third-order valence-corrected chi connectivity index (χ3v) is 2.06. The van der Waals surface area contributed by atoms with Crippen LogP contribution >= 0.6 is 0 Å². The van der Waals surface area contributed by atoms with Crippen molar-refractivity contribution in [2.75, 3.05) is 14.2 Å². The lowest BCUT2D eigenvalue weighted by molar-refractivity contribution is 0.123. The summed E-state index contributed by atoms with van der Waals surface area (Å²) in [6, 6.07) is 3.76. The van der Waals surface area contributed by atoms with Crippen LogP contribution in [0.15, 0.2) is 12.1 Å². The van der Waals surface area contributed by atoms with Crippen molar-refractivity contribution in [1.82, 2.24) is 0 Å². The Morgan fingerprint density at radius 2 is 1.64 bits per heavy atom. The van der Waals surface area contributed by atoms with E-state index in [1.807, 2.05) is 19.1 Å². The second-order valence-corrected chi connectivity index (χ2v) is 2.94. The van der Waals surface area contributed by atoms with Gasteiger partial charge in [-0.25, -0.2) is 5.90 Å². The second kappa shape index (κ2) is 4.83. The first-order valence-electron chi connectivity index (χ1n) is 4.26. The van der Waals surface area contributed by atoms with E-state index in [-0.39, 0.29) is 0 Å². The minimum atomic E-state index is 0.340. The Bertz CT molecular complexity index is 287. The van der Waals surface area contributed by atoms with Gasteiger partial charge in [-0.2, -0.15) is 0 Å². The number of ether oxygens (including phenoxy) is 2. The molecule has 0 spiro atoms. The maximum absolute atomic E-state index is 5.20. The topological polar surface area (TPSA) is 53.7 Å². The van der Waals surface area contributed by atoms with Crippen molar-refractivity contribution in [2.24, 2.45) is 5.90 Å². The summed E-state index contributed by atoms with van der Waals surface area (Å²) in [6.45, 7) is 2.28. The first-order valence-corrected chi connectivity index (χ1v) is 4.26. The summed E-state index contributed by atoms with van der Waals surface area (Å²) < 4.78 is 10.4. The molecule has 0 atom stereocenters. The van der Waals surface area contributed by atoms with Crippen molar-refractivity contribution in [3.05, 3.63) is 23.3 Å². The van der Waals surface area contributed by atoms with Gasteiger partial charge in [0.2, 0.25) is 0 Å². The fourth-order valence-corrected chi connectivity index (χ4v) is 1.32. The molecule has 78 valence electrons. The van der Waals surface area contributed by atoms with E-state index in [4.69, 9.17) is 15.4 Å². The molecule has 0 aliphatic rings. The van der Waals surface area contributed by atoms with Crippen LogP contribution in [0.2, 0.25) is 0 Å². The van der Waals surface area contributed by atoms with Gasteiger partial charge in [-0.3, -0.25) is 4.84 Å². The average Bonchev–Trinajstić information content (AvgIpc) is 2.20. The van der Waals surface area contributed by atoms with Crippen LogP contribution in [0.25, 0.3) is 0 Å². The first-order chi connectivity index (χ1) is 6.72. The Kier molecular flexibility index (Phi) is 3.73. The van der Waals surface area contributed by atoms with Gasteiger partial charge in [-0.15, -0.1) is 0 Å². The van der Waals surface area contributed by atoms with Crippen LogP contribution in [-0.4, -0.2) is 14.2 Å². The van der Waals surface area contributed by atoms with Crippen LogP contribution in [0.4, 0.5) is 0 Å². The van der Waals surface area contributed by atoms with E-state index in [2.05, 4.69) is 4.84 Å². The average molecular weight is 197 g/mol. The Morgan fingerprint density at radius 3 is 2.00 bits per heavy atom. The minimum Gasteiger partial charge on any atom is -0.496 e. The van der Waals surface area contributed by atoms with Gasteiger partial charge in [0.05, 0.1) is 20.8 Å². The Labute approximate surface area is 83.5 Å². The van der Waals surface area contributed by atoms with E-state index in [1.165, 1.54) is 0 Å². The SMILES string of the molecule is COc1cc(CON)cc(OC)c1C. The fraction of sp³-hybridized carbons (Fsp3) is 0.400. The van der Waals surface area contributed by atoms with E-state index in [9.17, 15) is 0 Å². The van der Waals surface area contributed by atoms with Crippen molar-refractivity contribution in [1.29, 1.82) is 0 Å². The van der Waals surface area contributed by atoms with Gasteiger partial charge in [0.25, 0.3) is 0 Å². The molecule has 1 rings (SSSR count). The summed E-state index contributed by atoms with van der Waals surface area (Å²) in [6.07, 6.45) is 0. The molecule has 1 aromatic carbocycles. The third-order valence-electron chi connectivity index (χ3n) is 2.06. The molecular formula is C10H15NO3. The van der Waals surface area contributed by atoms with Gasteiger partial charge in [0.15, 0.2) is 0 Å². The van der Waals surface area contributed by atoms with Crippen LogP contribution in [0.3, 0.4) is 0 Å². The smallest absolute Gasteiger partial charge is 0.125 e. The zero-order valence-corrected chi connectivity index (χ0v) is 8.66. The van der Waals surface area contributed by atoms with Gasteiger partial charge < -0.3 is 9.47 Å². The summed E-state index contributed by atoms with van der Waals surface area (Å²) in [7, 11) is 3.24. The standard InChI is InChI=1S/C10H15NO3/c1-7-9(12-2)4-8(6-14-11)5-10(7)13-3/h4-5H,6,11H2,1-3H3. The molecule has 0 saturated carbocycles. The Morgan fingerprint density at radius 1 is 1.14 bits per heavy atom. The summed E-state index contributed by atoms with van der Waals surface area (Å²) >= 11 is 0. The van der Waals surface area contributed by atoms with Crippen molar-refractivity contribution in [3.8, 4) is 11.5 Å². The molecule has 0 aliphatic carbocycles. The zero-order chi connectivity index (χ0) is 10.6. The maximum Gasteiger partial charge on any atom is 0.125 e. The van der Waals surface area contributed by atoms with E-state index >= 15 is 0 Å². The van der Waals surface area contributed by atoms with Crippen molar-refractivity contribution < 1.29 is 14.3 Å². The lowest BCUT2D eigenvalue weighted by Gasteiger charge is -2.11. The quantitative estimate of drug-likeness (QED) is 0.741. The fourth-order valence-electron chi connectivity index (χ4n) is 1.32. The number of benzene rings is 1. The largest absolute Gasteiger partial charge is 0.496 e. The molecular weight excluding hydrogens is 182 g/mol. The number of methoxy groups -OCH3 is 2. The van der Waals surface area contributed by atoms with Gasteiger partial charge in [0.1, 0.15) is 11.5 Å². The highest BCUT2D eigenvalue weighted by Gasteiger charge is 2.07. The number of rotatable bonds is 4. The minimum absolute atomic E-state index is 0.340. The third kappa shape index (κ3) is 2.16. The van der Waals surface area contributed by atoms with E-state index < -0.39 is 0 Å². The van der Waals surface area contributed by atoms with Crippen LogP contribution < -0.4 is 15.4 Å². The number of nitrogens with two attached hydrogens (primary N) is 1. The Balaban J connectivity index is 3.11. The molecule has 4 heteroatoms. The second-order valence-electron chi connectivity index (χ2n) is 2.94. The van der Waals surface area contributed by atoms with Crippen molar-refractivity contribution >= 4 is 0 Å². The van der Waals surface area contributed by atoms with Crippen LogP contribution in [0.5, 0.6) is 11.5 Å². The highest BCUT2D eigenvalue weighted by molar-refractivity contribution is 5.46. The molecule has 0 unspecified atom stereocenters. The molecule has 14 heavy (non-hydrogen) atoms. The highest BCUT2D eigenvalue weighted by atomic mass is 16.6. The molecule has 2 N–H and O–H groups in total.